The van der Waals surface area contributed by atoms with Gasteiger partial charge in [-0.15, -0.1) is 0 Å². The molecule has 112 valence electrons. The second kappa shape index (κ2) is 7.50. The summed E-state index contributed by atoms with van der Waals surface area (Å²) in [5, 5.41) is 2.93. The van der Waals surface area contributed by atoms with Crippen molar-refractivity contribution in [2.45, 2.75) is 13.0 Å². The van der Waals surface area contributed by atoms with Crippen LogP contribution in [-0.4, -0.2) is 30.7 Å². The first kappa shape index (κ1) is 15.1. The molecule has 0 saturated heterocycles. The van der Waals surface area contributed by atoms with Crippen LogP contribution in [0.4, 0.5) is 5.69 Å². The van der Waals surface area contributed by atoms with E-state index in [-0.39, 0.29) is 5.91 Å². The summed E-state index contributed by atoms with van der Waals surface area (Å²) in [6.07, 6.45) is 2.67. The zero-order chi connectivity index (χ0) is 15.1. The van der Waals surface area contributed by atoms with Gasteiger partial charge in [-0.05, 0) is 36.2 Å². The highest BCUT2D eigenvalue weighted by Crippen LogP contribution is 2.06. The number of aromatic nitrogens is 1. The van der Waals surface area contributed by atoms with E-state index < -0.39 is 0 Å². The fourth-order valence-corrected chi connectivity index (χ4v) is 2.10. The Morgan fingerprint density at radius 2 is 2.05 bits per heavy atom. The minimum atomic E-state index is -0.0634. The van der Waals surface area contributed by atoms with Gasteiger partial charge in [0.25, 0.3) is 5.91 Å². The minimum Gasteiger partial charge on any atom is -0.399 e. The number of anilines is 1. The van der Waals surface area contributed by atoms with E-state index in [0.717, 1.165) is 17.7 Å². The van der Waals surface area contributed by atoms with E-state index in [0.29, 0.717) is 25.4 Å². The van der Waals surface area contributed by atoms with E-state index in [1.54, 1.807) is 7.11 Å². The predicted molar refractivity (Wildman–Crippen MR) is 83.2 cm³/mol. The molecule has 1 aromatic heterocycles. The first-order chi connectivity index (χ1) is 10.2. The topological polar surface area (TPSA) is 69.3 Å². The van der Waals surface area contributed by atoms with Gasteiger partial charge in [0.05, 0.1) is 6.61 Å². The molecule has 2 aromatic rings. The van der Waals surface area contributed by atoms with Crippen molar-refractivity contribution in [1.29, 1.82) is 0 Å². The van der Waals surface area contributed by atoms with Crippen LogP contribution in [0, 0.1) is 0 Å². The van der Waals surface area contributed by atoms with Crippen LogP contribution in [0.3, 0.4) is 0 Å². The van der Waals surface area contributed by atoms with E-state index in [1.807, 2.05) is 47.2 Å². The number of nitrogens with two attached hydrogens (primary N) is 1. The van der Waals surface area contributed by atoms with Crippen molar-refractivity contribution in [2.24, 2.45) is 0 Å². The number of methoxy groups -OCH3 is 1. The largest absolute Gasteiger partial charge is 0.399 e. The number of ether oxygens (including phenoxy) is 1. The van der Waals surface area contributed by atoms with Gasteiger partial charge in [0.15, 0.2) is 0 Å². The number of nitrogen functional groups attached to an aromatic ring is 1. The van der Waals surface area contributed by atoms with Crippen molar-refractivity contribution in [1.82, 2.24) is 9.88 Å². The van der Waals surface area contributed by atoms with E-state index in [1.165, 1.54) is 0 Å². The summed E-state index contributed by atoms with van der Waals surface area (Å²) >= 11 is 0. The Kier molecular flexibility index (Phi) is 5.40. The summed E-state index contributed by atoms with van der Waals surface area (Å²) in [4.78, 5) is 12.1. The molecular weight excluding hydrogens is 266 g/mol. The Labute approximate surface area is 124 Å². The molecule has 3 N–H and O–H groups in total. The molecular formula is C16H21N3O2. The van der Waals surface area contributed by atoms with Crippen molar-refractivity contribution < 1.29 is 9.53 Å². The van der Waals surface area contributed by atoms with Crippen molar-refractivity contribution in [2.75, 3.05) is 26.0 Å². The third-order valence-corrected chi connectivity index (χ3v) is 3.28. The van der Waals surface area contributed by atoms with Gasteiger partial charge in [0.1, 0.15) is 5.69 Å². The summed E-state index contributed by atoms with van der Waals surface area (Å²) < 4.78 is 6.93. The number of hydrogen-bond donors (Lipinski definition) is 2. The Morgan fingerprint density at radius 1 is 1.29 bits per heavy atom. The Balaban J connectivity index is 1.84. The molecule has 0 unspecified atom stereocenters. The smallest absolute Gasteiger partial charge is 0.267 e. The number of rotatable bonds is 7. The van der Waals surface area contributed by atoms with Crippen LogP contribution >= 0.6 is 0 Å². The fourth-order valence-electron chi connectivity index (χ4n) is 2.10. The van der Waals surface area contributed by atoms with Crippen LogP contribution in [0.25, 0.3) is 0 Å². The van der Waals surface area contributed by atoms with Crippen molar-refractivity contribution in [3.8, 4) is 0 Å². The highest BCUT2D eigenvalue weighted by Gasteiger charge is 2.09. The molecule has 0 fully saturated rings. The van der Waals surface area contributed by atoms with Crippen molar-refractivity contribution in [3.05, 3.63) is 53.9 Å². The summed E-state index contributed by atoms with van der Waals surface area (Å²) in [6, 6.07) is 11.4. The third-order valence-electron chi connectivity index (χ3n) is 3.28. The number of benzene rings is 1. The molecule has 5 heteroatoms. The van der Waals surface area contributed by atoms with Crippen LogP contribution in [-0.2, 0) is 17.7 Å². The van der Waals surface area contributed by atoms with Gasteiger partial charge in [-0.25, -0.2) is 0 Å². The number of hydrogen-bond acceptors (Lipinski definition) is 3. The lowest BCUT2D eigenvalue weighted by Crippen LogP contribution is -2.28. The molecule has 0 aliphatic heterocycles. The molecule has 0 aliphatic rings. The number of amides is 1. The Morgan fingerprint density at radius 3 is 2.76 bits per heavy atom. The number of carbonyl (C=O) groups is 1. The summed E-state index contributed by atoms with van der Waals surface area (Å²) in [5.74, 6) is -0.0634. The molecule has 21 heavy (non-hydrogen) atoms. The zero-order valence-electron chi connectivity index (χ0n) is 12.2. The van der Waals surface area contributed by atoms with Crippen LogP contribution in [0.15, 0.2) is 42.6 Å². The lowest BCUT2D eigenvalue weighted by Gasteiger charge is -2.09. The maximum atomic E-state index is 12.1. The Hall–Kier alpha value is -2.27. The van der Waals surface area contributed by atoms with E-state index in [9.17, 15) is 4.79 Å². The van der Waals surface area contributed by atoms with Crippen molar-refractivity contribution in [3.63, 3.8) is 0 Å². The second-order valence-corrected chi connectivity index (χ2v) is 4.83. The quantitative estimate of drug-likeness (QED) is 0.761. The van der Waals surface area contributed by atoms with Crippen LogP contribution in [0.1, 0.15) is 16.1 Å². The first-order valence-electron chi connectivity index (χ1n) is 6.97. The predicted octanol–water partition coefficient (Wildman–Crippen LogP) is 1.69. The van der Waals surface area contributed by atoms with Gasteiger partial charge in [0, 0.05) is 32.1 Å². The summed E-state index contributed by atoms with van der Waals surface area (Å²) in [7, 11) is 1.65. The van der Waals surface area contributed by atoms with Crippen LogP contribution < -0.4 is 11.1 Å². The molecule has 0 bridgehead atoms. The molecule has 0 radical (unpaired) electrons. The Bertz CT molecular complexity index is 575. The van der Waals surface area contributed by atoms with Gasteiger partial charge < -0.3 is 20.4 Å². The normalized spacial score (nSPS) is 10.5. The fraction of sp³-hybridized carbons (Fsp3) is 0.312. The first-order valence-corrected chi connectivity index (χ1v) is 6.97. The maximum Gasteiger partial charge on any atom is 0.267 e. The van der Waals surface area contributed by atoms with Gasteiger partial charge in [0.2, 0.25) is 0 Å². The van der Waals surface area contributed by atoms with Gasteiger partial charge in [-0.2, -0.15) is 0 Å². The monoisotopic (exact) mass is 287 g/mol. The third kappa shape index (κ3) is 4.36. The van der Waals surface area contributed by atoms with E-state index in [4.69, 9.17) is 10.5 Å². The molecule has 2 rings (SSSR count). The summed E-state index contributed by atoms with van der Waals surface area (Å²) in [6.45, 7) is 1.85. The lowest BCUT2D eigenvalue weighted by molar-refractivity contribution is 0.0942. The number of nitrogens with zero attached hydrogens (tertiary/aromatic N) is 1. The van der Waals surface area contributed by atoms with Gasteiger partial charge in [-0.1, -0.05) is 12.1 Å². The van der Waals surface area contributed by atoms with E-state index >= 15 is 0 Å². The van der Waals surface area contributed by atoms with Crippen molar-refractivity contribution >= 4 is 11.6 Å². The van der Waals surface area contributed by atoms with E-state index in [2.05, 4.69) is 5.32 Å². The molecule has 1 heterocycles. The molecule has 0 saturated carbocycles. The standard InChI is InChI=1S/C16H21N3O2/c1-21-12-11-19-10-2-3-15(19)16(20)18-9-8-13-4-6-14(17)7-5-13/h2-7,10H,8-9,11-12,17H2,1H3,(H,18,20). The summed E-state index contributed by atoms with van der Waals surface area (Å²) in [5.41, 5.74) is 8.20. The molecule has 0 spiro atoms. The van der Waals surface area contributed by atoms with Gasteiger partial charge in [-0.3, -0.25) is 4.79 Å². The van der Waals surface area contributed by atoms with Crippen LogP contribution in [0.2, 0.25) is 0 Å². The highest BCUT2D eigenvalue weighted by atomic mass is 16.5. The lowest BCUT2D eigenvalue weighted by atomic mass is 10.1. The average Bonchev–Trinajstić information content (AvgIpc) is 2.95. The molecule has 0 aliphatic carbocycles. The number of nitrogens with one attached hydrogen (secondary N) is 1. The minimum absolute atomic E-state index is 0.0634. The number of carbonyl (C=O) groups excluding carboxylic acids is 1. The maximum absolute atomic E-state index is 12.1. The zero-order valence-corrected chi connectivity index (χ0v) is 12.2. The molecule has 5 nitrogen and oxygen atoms in total. The van der Waals surface area contributed by atoms with Crippen LogP contribution in [0.5, 0.6) is 0 Å². The molecule has 1 amide bonds. The van der Waals surface area contributed by atoms with Gasteiger partial charge >= 0.3 is 0 Å². The molecule has 0 atom stereocenters. The average molecular weight is 287 g/mol. The SMILES string of the molecule is COCCn1cccc1C(=O)NCCc1ccc(N)cc1. The molecule has 1 aromatic carbocycles. The second-order valence-electron chi connectivity index (χ2n) is 4.83. The highest BCUT2D eigenvalue weighted by molar-refractivity contribution is 5.92.